The Morgan fingerprint density at radius 1 is 1.06 bits per heavy atom. The Morgan fingerprint density at radius 3 is 2.41 bits per heavy atom. The van der Waals surface area contributed by atoms with Gasteiger partial charge >= 0.3 is 5.69 Å². The Bertz CT molecular complexity index is 1100. The molecule has 1 heterocycles. The molecule has 0 N–H and O–H groups in total. The minimum Gasteiger partial charge on any atom is -0.495 e. The van der Waals surface area contributed by atoms with Crippen molar-refractivity contribution in [1.82, 2.24) is 9.88 Å². The number of carbonyl (C=O) groups excluding carboxylic acids is 1. The second kappa shape index (κ2) is 10.5. The van der Waals surface area contributed by atoms with Crippen LogP contribution in [0.5, 0.6) is 5.75 Å². The summed E-state index contributed by atoms with van der Waals surface area (Å²) in [5, 5.41) is 11.9. The van der Waals surface area contributed by atoms with E-state index >= 15 is 0 Å². The molecule has 0 radical (unpaired) electrons. The third kappa shape index (κ3) is 5.09. The highest BCUT2D eigenvalue weighted by Crippen LogP contribution is 2.39. The molecule has 0 aliphatic heterocycles. The van der Waals surface area contributed by atoms with Gasteiger partial charge in [0.05, 0.1) is 30.0 Å². The minimum absolute atomic E-state index is 0.146. The molecule has 0 unspecified atom stereocenters. The van der Waals surface area contributed by atoms with Gasteiger partial charge in [-0.3, -0.25) is 14.9 Å². The Morgan fingerprint density at radius 2 is 1.75 bits per heavy atom. The van der Waals surface area contributed by atoms with Crippen LogP contribution in [0.15, 0.2) is 60.8 Å². The lowest BCUT2D eigenvalue weighted by Gasteiger charge is -2.27. The average molecular weight is 434 g/mol. The molecule has 0 aliphatic rings. The standard InChI is InChI=1S/C24H26N4O4/c1-26(2)13-8-14-27(24-23(28(30)31)15-19(32-3)16-25-24)22-12-7-6-11-21(22)20-10-5-4-9-18(20)17-29/h4-7,9-12,15-17H,8,13-14H2,1-3H3. The molecular formula is C24H26N4O4. The number of para-hydroxylation sites is 1. The fourth-order valence-corrected chi connectivity index (χ4v) is 3.55. The van der Waals surface area contributed by atoms with Crippen LogP contribution in [-0.4, -0.2) is 55.4 Å². The van der Waals surface area contributed by atoms with Crippen molar-refractivity contribution in [3.05, 3.63) is 76.5 Å². The Balaban J connectivity index is 2.19. The maximum absolute atomic E-state index is 11.9. The van der Waals surface area contributed by atoms with Crippen molar-refractivity contribution >= 4 is 23.5 Å². The van der Waals surface area contributed by atoms with Gasteiger partial charge in [0, 0.05) is 17.7 Å². The molecule has 0 saturated heterocycles. The Hall–Kier alpha value is -3.78. The van der Waals surface area contributed by atoms with E-state index in [0.717, 1.165) is 36.1 Å². The van der Waals surface area contributed by atoms with Crippen molar-refractivity contribution in [2.45, 2.75) is 6.42 Å². The van der Waals surface area contributed by atoms with Crippen molar-refractivity contribution in [3.8, 4) is 16.9 Å². The zero-order valence-electron chi connectivity index (χ0n) is 18.4. The highest BCUT2D eigenvalue weighted by atomic mass is 16.6. The SMILES string of the molecule is COc1cnc(N(CCCN(C)C)c2ccccc2-c2ccccc2C=O)c([N+](=O)[O-])c1. The second-order valence-electron chi connectivity index (χ2n) is 7.51. The lowest BCUT2D eigenvalue weighted by molar-refractivity contribution is -0.384. The van der Waals surface area contributed by atoms with Crippen LogP contribution < -0.4 is 9.64 Å². The van der Waals surface area contributed by atoms with E-state index in [4.69, 9.17) is 4.74 Å². The molecule has 0 bridgehead atoms. The van der Waals surface area contributed by atoms with E-state index in [-0.39, 0.29) is 11.5 Å². The van der Waals surface area contributed by atoms with E-state index in [0.29, 0.717) is 17.9 Å². The first-order valence-electron chi connectivity index (χ1n) is 10.2. The fourth-order valence-electron chi connectivity index (χ4n) is 3.55. The van der Waals surface area contributed by atoms with Crippen LogP contribution in [0.2, 0.25) is 0 Å². The predicted molar refractivity (Wildman–Crippen MR) is 125 cm³/mol. The monoisotopic (exact) mass is 434 g/mol. The van der Waals surface area contributed by atoms with Crippen LogP contribution in [0.25, 0.3) is 11.1 Å². The van der Waals surface area contributed by atoms with Gasteiger partial charge in [-0.1, -0.05) is 42.5 Å². The average Bonchev–Trinajstić information content (AvgIpc) is 2.81. The van der Waals surface area contributed by atoms with Crippen LogP contribution in [-0.2, 0) is 0 Å². The number of hydrogen-bond donors (Lipinski definition) is 0. The zero-order valence-corrected chi connectivity index (χ0v) is 18.4. The number of aromatic nitrogens is 1. The second-order valence-corrected chi connectivity index (χ2v) is 7.51. The summed E-state index contributed by atoms with van der Waals surface area (Å²) in [6.07, 6.45) is 3.04. The fraction of sp³-hybridized carbons (Fsp3) is 0.250. The third-order valence-electron chi connectivity index (χ3n) is 5.07. The Kier molecular flexibility index (Phi) is 7.51. The quantitative estimate of drug-likeness (QED) is 0.262. The number of hydrogen-bond acceptors (Lipinski definition) is 7. The molecular weight excluding hydrogens is 408 g/mol. The summed E-state index contributed by atoms with van der Waals surface area (Å²) in [6, 6.07) is 16.2. The van der Waals surface area contributed by atoms with E-state index < -0.39 is 4.92 Å². The third-order valence-corrected chi connectivity index (χ3v) is 5.07. The molecule has 166 valence electrons. The normalized spacial score (nSPS) is 10.8. The summed E-state index contributed by atoms with van der Waals surface area (Å²) in [7, 11) is 5.40. The first-order chi connectivity index (χ1) is 15.5. The van der Waals surface area contributed by atoms with Crippen molar-refractivity contribution in [3.63, 3.8) is 0 Å². The summed E-state index contributed by atoms with van der Waals surface area (Å²) < 4.78 is 5.15. The van der Waals surface area contributed by atoms with Crippen molar-refractivity contribution in [2.24, 2.45) is 0 Å². The number of nitrogens with zero attached hydrogens (tertiary/aromatic N) is 4. The molecule has 3 rings (SSSR count). The summed E-state index contributed by atoms with van der Waals surface area (Å²) in [4.78, 5) is 31.4. The highest BCUT2D eigenvalue weighted by molar-refractivity contribution is 5.93. The zero-order chi connectivity index (χ0) is 23.1. The molecule has 0 fully saturated rings. The number of pyridine rings is 1. The molecule has 2 aromatic carbocycles. The molecule has 32 heavy (non-hydrogen) atoms. The van der Waals surface area contributed by atoms with Gasteiger partial charge in [0.25, 0.3) is 0 Å². The molecule has 0 spiro atoms. The smallest absolute Gasteiger partial charge is 0.315 e. The van der Waals surface area contributed by atoms with Crippen molar-refractivity contribution in [2.75, 3.05) is 39.2 Å². The lowest BCUT2D eigenvalue weighted by Crippen LogP contribution is -2.25. The van der Waals surface area contributed by atoms with Gasteiger partial charge in [-0.2, -0.15) is 0 Å². The maximum atomic E-state index is 11.9. The number of carbonyl (C=O) groups is 1. The molecule has 3 aromatic rings. The van der Waals surface area contributed by atoms with Gasteiger partial charge in [0.15, 0.2) is 6.29 Å². The molecule has 0 aliphatic carbocycles. The topological polar surface area (TPSA) is 88.8 Å². The highest BCUT2D eigenvalue weighted by Gasteiger charge is 2.25. The van der Waals surface area contributed by atoms with E-state index in [1.165, 1.54) is 19.4 Å². The van der Waals surface area contributed by atoms with Crippen molar-refractivity contribution < 1.29 is 14.5 Å². The number of ether oxygens (including phenoxy) is 1. The molecule has 8 heteroatoms. The van der Waals surface area contributed by atoms with Crippen LogP contribution in [0.1, 0.15) is 16.8 Å². The summed E-state index contributed by atoms with van der Waals surface area (Å²) >= 11 is 0. The predicted octanol–water partition coefficient (Wildman–Crippen LogP) is 4.57. The van der Waals surface area contributed by atoms with E-state index in [9.17, 15) is 14.9 Å². The van der Waals surface area contributed by atoms with Crippen LogP contribution in [0.4, 0.5) is 17.2 Å². The van der Waals surface area contributed by atoms with Crippen LogP contribution >= 0.6 is 0 Å². The number of benzene rings is 2. The number of rotatable bonds is 10. The largest absolute Gasteiger partial charge is 0.495 e. The van der Waals surface area contributed by atoms with Gasteiger partial charge < -0.3 is 14.5 Å². The first-order valence-corrected chi connectivity index (χ1v) is 10.2. The number of aldehydes is 1. The molecule has 1 aromatic heterocycles. The van der Waals surface area contributed by atoms with Crippen molar-refractivity contribution in [1.29, 1.82) is 0 Å². The van der Waals surface area contributed by atoms with Crippen LogP contribution in [0, 0.1) is 10.1 Å². The summed E-state index contributed by atoms with van der Waals surface area (Å²) in [5.74, 6) is 0.541. The van der Waals surface area contributed by atoms with Gasteiger partial charge in [0.2, 0.25) is 5.82 Å². The minimum atomic E-state index is -0.453. The number of methoxy groups -OCH3 is 1. The molecule has 0 atom stereocenters. The van der Waals surface area contributed by atoms with E-state index in [2.05, 4.69) is 9.88 Å². The number of anilines is 2. The number of nitro groups is 1. The first kappa shape index (κ1) is 22.9. The maximum Gasteiger partial charge on any atom is 0.315 e. The van der Waals surface area contributed by atoms with Gasteiger partial charge in [-0.05, 0) is 38.7 Å². The van der Waals surface area contributed by atoms with E-state index in [1.54, 1.807) is 12.1 Å². The molecule has 0 amide bonds. The van der Waals surface area contributed by atoms with E-state index in [1.807, 2.05) is 55.4 Å². The van der Waals surface area contributed by atoms with Gasteiger partial charge in [0.1, 0.15) is 5.75 Å². The molecule has 0 saturated carbocycles. The summed E-state index contributed by atoms with van der Waals surface area (Å²) in [5.41, 5.74) is 2.69. The molecule has 8 nitrogen and oxygen atoms in total. The van der Waals surface area contributed by atoms with Gasteiger partial charge in [-0.15, -0.1) is 0 Å². The lowest BCUT2D eigenvalue weighted by atomic mass is 9.98. The Labute approximate surface area is 187 Å². The van der Waals surface area contributed by atoms with Crippen LogP contribution in [0.3, 0.4) is 0 Å². The van der Waals surface area contributed by atoms with Gasteiger partial charge in [-0.25, -0.2) is 4.98 Å². The summed E-state index contributed by atoms with van der Waals surface area (Å²) in [6.45, 7) is 1.30.